The first-order valence-electron chi connectivity index (χ1n) is 5.69. The molecule has 1 aromatic heterocycles. The van der Waals surface area contributed by atoms with Gasteiger partial charge in [0.25, 0.3) is 0 Å². The van der Waals surface area contributed by atoms with Crippen molar-refractivity contribution in [2.75, 3.05) is 0 Å². The highest BCUT2D eigenvalue weighted by Crippen LogP contribution is 2.18. The summed E-state index contributed by atoms with van der Waals surface area (Å²) in [4.78, 5) is 0. The Bertz CT molecular complexity index is 478. The molecule has 1 unspecified atom stereocenters. The summed E-state index contributed by atoms with van der Waals surface area (Å²) >= 11 is 0. The van der Waals surface area contributed by atoms with E-state index < -0.39 is 0 Å². The zero-order valence-corrected chi connectivity index (χ0v) is 10.4. The summed E-state index contributed by atoms with van der Waals surface area (Å²) in [6.45, 7) is 6.99. The van der Waals surface area contributed by atoms with Crippen molar-refractivity contribution in [2.45, 2.75) is 33.4 Å². The number of hydrogen-bond acceptors (Lipinski definition) is 4. The predicted molar refractivity (Wildman–Crippen MR) is 65.3 cm³/mol. The molecule has 17 heavy (non-hydrogen) atoms. The molecule has 0 fully saturated rings. The summed E-state index contributed by atoms with van der Waals surface area (Å²) in [5.74, 6) is 0.682. The Kier molecular flexibility index (Phi) is 3.49. The lowest BCUT2D eigenvalue weighted by molar-refractivity contribution is 0.557. The van der Waals surface area contributed by atoms with Crippen molar-refractivity contribution in [1.82, 2.24) is 25.9 Å². The minimum absolute atomic E-state index is 0.272. The van der Waals surface area contributed by atoms with Crippen LogP contribution in [-0.4, -0.2) is 20.6 Å². The van der Waals surface area contributed by atoms with E-state index in [9.17, 15) is 0 Å². The highest BCUT2D eigenvalue weighted by molar-refractivity contribution is 5.32. The number of aromatic amines is 1. The Hall–Kier alpha value is -1.75. The third-order valence-corrected chi connectivity index (χ3v) is 2.85. The number of hydrogen-bond donors (Lipinski definition) is 2. The molecule has 5 nitrogen and oxygen atoms in total. The Balaban J connectivity index is 2.01. The smallest absolute Gasteiger partial charge is 0.188 e. The number of rotatable bonds is 4. The van der Waals surface area contributed by atoms with Crippen LogP contribution >= 0.6 is 0 Å². The number of H-pyrrole nitrogens is 1. The molecule has 90 valence electrons. The molecule has 1 aromatic carbocycles. The first kappa shape index (κ1) is 11.7. The second-order valence-corrected chi connectivity index (χ2v) is 4.29. The van der Waals surface area contributed by atoms with Crippen molar-refractivity contribution in [3.63, 3.8) is 0 Å². The van der Waals surface area contributed by atoms with E-state index in [2.05, 4.69) is 64.9 Å². The number of aryl methyl sites for hydroxylation is 2. The monoisotopic (exact) mass is 231 g/mol. The quantitative estimate of drug-likeness (QED) is 0.840. The van der Waals surface area contributed by atoms with Crippen LogP contribution < -0.4 is 5.32 Å². The van der Waals surface area contributed by atoms with Crippen LogP contribution in [0, 0.1) is 13.8 Å². The SMILES string of the molecule is Cc1ccc(C(C)NCc2nn[nH]n2)c(C)c1. The summed E-state index contributed by atoms with van der Waals surface area (Å²) in [7, 11) is 0. The number of nitrogens with zero attached hydrogens (tertiary/aromatic N) is 3. The number of tetrazole rings is 1. The summed E-state index contributed by atoms with van der Waals surface area (Å²) in [5, 5.41) is 17.2. The van der Waals surface area contributed by atoms with Gasteiger partial charge >= 0.3 is 0 Å². The Labute approximate surface area is 101 Å². The van der Waals surface area contributed by atoms with Crippen molar-refractivity contribution >= 4 is 0 Å². The fourth-order valence-corrected chi connectivity index (χ4v) is 1.92. The lowest BCUT2D eigenvalue weighted by Gasteiger charge is -2.16. The van der Waals surface area contributed by atoms with Crippen molar-refractivity contribution in [1.29, 1.82) is 0 Å². The molecule has 5 heteroatoms. The molecule has 1 heterocycles. The number of benzene rings is 1. The Morgan fingerprint density at radius 3 is 2.82 bits per heavy atom. The average molecular weight is 231 g/mol. The fourth-order valence-electron chi connectivity index (χ4n) is 1.92. The van der Waals surface area contributed by atoms with Gasteiger partial charge in [0.1, 0.15) is 0 Å². The van der Waals surface area contributed by atoms with E-state index in [1.807, 2.05) is 0 Å². The Morgan fingerprint density at radius 2 is 2.18 bits per heavy atom. The zero-order chi connectivity index (χ0) is 12.3. The molecule has 0 saturated carbocycles. The molecule has 2 aromatic rings. The van der Waals surface area contributed by atoms with Crippen LogP contribution in [-0.2, 0) is 6.54 Å². The van der Waals surface area contributed by atoms with Crippen LogP contribution in [0.2, 0.25) is 0 Å². The minimum atomic E-state index is 0.272. The largest absolute Gasteiger partial charge is 0.303 e. The zero-order valence-electron chi connectivity index (χ0n) is 10.4. The fraction of sp³-hybridized carbons (Fsp3) is 0.417. The van der Waals surface area contributed by atoms with Gasteiger partial charge in [-0.05, 0) is 31.9 Å². The molecule has 0 saturated heterocycles. The van der Waals surface area contributed by atoms with Crippen LogP contribution in [0.5, 0.6) is 0 Å². The molecule has 2 N–H and O–H groups in total. The molecule has 0 aliphatic carbocycles. The number of nitrogens with one attached hydrogen (secondary N) is 2. The topological polar surface area (TPSA) is 66.5 Å². The van der Waals surface area contributed by atoms with Gasteiger partial charge in [-0.25, -0.2) is 0 Å². The van der Waals surface area contributed by atoms with Gasteiger partial charge in [-0.1, -0.05) is 29.0 Å². The molecule has 0 spiro atoms. The first-order chi connectivity index (χ1) is 8.16. The highest BCUT2D eigenvalue weighted by atomic mass is 15.5. The summed E-state index contributed by atoms with van der Waals surface area (Å²) < 4.78 is 0. The maximum Gasteiger partial charge on any atom is 0.188 e. The molecular weight excluding hydrogens is 214 g/mol. The Morgan fingerprint density at radius 1 is 1.35 bits per heavy atom. The number of aromatic nitrogens is 4. The van der Waals surface area contributed by atoms with Gasteiger partial charge in [0.2, 0.25) is 0 Å². The molecule has 0 bridgehead atoms. The summed E-state index contributed by atoms with van der Waals surface area (Å²) in [6.07, 6.45) is 0. The second-order valence-electron chi connectivity index (χ2n) is 4.29. The van der Waals surface area contributed by atoms with Gasteiger partial charge in [-0.15, -0.1) is 10.2 Å². The first-order valence-corrected chi connectivity index (χ1v) is 5.69. The normalized spacial score (nSPS) is 12.6. The second kappa shape index (κ2) is 5.05. The summed E-state index contributed by atoms with van der Waals surface area (Å²) in [5.41, 5.74) is 3.90. The van der Waals surface area contributed by atoms with Gasteiger partial charge in [0, 0.05) is 6.04 Å². The molecule has 2 rings (SSSR count). The molecule has 0 radical (unpaired) electrons. The van der Waals surface area contributed by atoms with Crippen molar-refractivity contribution in [3.05, 3.63) is 40.7 Å². The summed E-state index contributed by atoms with van der Waals surface area (Å²) in [6, 6.07) is 6.77. The maximum absolute atomic E-state index is 3.91. The van der Waals surface area contributed by atoms with Gasteiger partial charge in [-0.3, -0.25) is 0 Å². The van der Waals surface area contributed by atoms with Gasteiger partial charge < -0.3 is 5.32 Å². The molecule has 0 aliphatic rings. The molecule has 0 aliphatic heterocycles. The van der Waals surface area contributed by atoms with Crippen LogP contribution in [0.25, 0.3) is 0 Å². The predicted octanol–water partition coefficient (Wildman–Crippen LogP) is 1.67. The van der Waals surface area contributed by atoms with Gasteiger partial charge in [0.15, 0.2) is 5.82 Å². The van der Waals surface area contributed by atoms with E-state index in [1.165, 1.54) is 16.7 Å². The van der Waals surface area contributed by atoms with E-state index in [0.29, 0.717) is 12.4 Å². The molecular formula is C12H17N5. The third kappa shape index (κ3) is 2.88. The lowest BCUT2D eigenvalue weighted by atomic mass is 10.0. The van der Waals surface area contributed by atoms with Crippen LogP contribution in [0.4, 0.5) is 0 Å². The van der Waals surface area contributed by atoms with Crippen molar-refractivity contribution in [3.8, 4) is 0 Å². The molecule has 1 atom stereocenters. The molecule has 0 amide bonds. The van der Waals surface area contributed by atoms with Gasteiger partial charge in [-0.2, -0.15) is 5.21 Å². The highest BCUT2D eigenvalue weighted by Gasteiger charge is 2.08. The van der Waals surface area contributed by atoms with Crippen LogP contribution in [0.15, 0.2) is 18.2 Å². The standard InChI is InChI=1S/C12H17N5/c1-8-4-5-11(9(2)6-8)10(3)13-7-12-14-16-17-15-12/h4-6,10,13H,7H2,1-3H3,(H,14,15,16,17). The van der Waals surface area contributed by atoms with E-state index in [1.54, 1.807) is 0 Å². The lowest BCUT2D eigenvalue weighted by Crippen LogP contribution is -2.19. The van der Waals surface area contributed by atoms with E-state index >= 15 is 0 Å². The van der Waals surface area contributed by atoms with Crippen LogP contribution in [0.1, 0.15) is 35.5 Å². The minimum Gasteiger partial charge on any atom is -0.303 e. The van der Waals surface area contributed by atoms with Crippen molar-refractivity contribution in [2.24, 2.45) is 0 Å². The van der Waals surface area contributed by atoms with Crippen molar-refractivity contribution < 1.29 is 0 Å². The third-order valence-electron chi connectivity index (χ3n) is 2.85. The van der Waals surface area contributed by atoms with Gasteiger partial charge in [0.05, 0.1) is 6.54 Å². The van der Waals surface area contributed by atoms with E-state index in [4.69, 9.17) is 0 Å². The van der Waals surface area contributed by atoms with E-state index in [0.717, 1.165) is 0 Å². The average Bonchev–Trinajstić information content (AvgIpc) is 2.78. The van der Waals surface area contributed by atoms with E-state index in [-0.39, 0.29) is 6.04 Å². The maximum atomic E-state index is 3.91. The van der Waals surface area contributed by atoms with Crippen LogP contribution in [0.3, 0.4) is 0 Å².